The lowest BCUT2D eigenvalue weighted by atomic mass is 10.2. The third kappa shape index (κ3) is 2.36. The number of rotatable bonds is 4. The molecular formula is C13H15N3O3S. The Balaban J connectivity index is 1.88. The number of aryl methyl sites for hydroxylation is 1. The number of aromatic nitrogens is 2. The Morgan fingerprint density at radius 2 is 2.25 bits per heavy atom. The van der Waals surface area contributed by atoms with Gasteiger partial charge in [0.15, 0.2) is 5.82 Å². The molecular weight excluding hydrogens is 278 g/mol. The molecule has 0 saturated carbocycles. The number of hydrogen-bond donors (Lipinski definition) is 2. The first-order chi connectivity index (χ1) is 9.58. The molecule has 0 atom stereocenters. The third-order valence-corrected chi connectivity index (χ3v) is 4.57. The van der Waals surface area contributed by atoms with E-state index >= 15 is 0 Å². The molecule has 20 heavy (non-hydrogen) atoms. The van der Waals surface area contributed by atoms with E-state index in [1.807, 2.05) is 6.92 Å². The van der Waals surface area contributed by atoms with Crippen molar-refractivity contribution >= 4 is 15.8 Å². The first-order valence-electron chi connectivity index (χ1n) is 6.41. The minimum absolute atomic E-state index is 0.225. The first-order valence-corrected chi connectivity index (χ1v) is 7.89. The van der Waals surface area contributed by atoms with E-state index in [2.05, 4.69) is 14.9 Å². The number of nitrogens with zero attached hydrogens (tertiary/aromatic N) is 1. The normalized spacial score (nSPS) is 13.8. The standard InChI is InChI=1S/C13H15N3O3S/c1-2-10-8-13(15-14-10)16-20(17,18)11-3-4-12-9(7-11)5-6-19-12/h3-4,7-8H,2,5-6H2,1H3,(H2,14,15,16). The summed E-state index contributed by atoms with van der Waals surface area (Å²) in [5.41, 5.74) is 1.80. The molecule has 0 unspecified atom stereocenters. The number of hydrogen-bond acceptors (Lipinski definition) is 4. The minimum atomic E-state index is -3.62. The van der Waals surface area contributed by atoms with Crippen LogP contribution in [0.5, 0.6) is 5.75 Å². The molecule has 7 heteroatoms. The quantitative estimate of drug-likeness (QED) is 0.898. The topological polar surface area (TPSA) is 84.1 Å². The van der Waals surface area contributed by atoms with E-state index in [1.165, 1.54) is 0 Å². The molecule has 0 aliphatic carbocycles. The van der Waals surface area contributed by atoms with Crippen LogP contribution in [0.25, 0.3) is 0 Å². The monoisotopic (exact) mass is 293 g/mol. The van der Waals surface area contributed by atoms with Crippen molar-refractivity contribution in [2.75, 3.05) is 11.3 Å². The third-order valence-electron chi connectivity index (χ3n) is 3.22. The minimum Gasteiger partial charge on any atom is -0.493 e. The maximum Gasteiger partial charge on any atom is 0.263 e. The van der Waals surface area contributed by atoms with Gasteiger partial charge in [0.2, 0.25) is 0 Å². The molecule has 1 aromatic carbocycles. The van der Waals surface area contributed by atoms with Crippen molar-refractivity contribution in [1.82, 2.24) is 10.2 Å². The zero-order valence-corrected chi connectivity index (χ0v) is 11.8. The van der Waals surface area contributed by atoms with E-state index in [4.69, 9.17) is 4.74 Å². The van der Waals surface area contributed by atoms with Crippen LogP contribution in [0.15, 0.2) is 29.2 Å². The summed E-state index contributed by atoms with van der Waals surface area (Å²) in [6.07, 6.45) is 1.51. The Bertz CT molecular complexity index is 737. The molecule has 0 spiro atoms. The Kier molecular flexibility index (Phi) is 3.13. The average molecular weight is 293 g/mol. The van der Waals surface area contributed by atoms with Crippen LogP contribution in [0, 0.1) is 0 Å². The summed E-state index contributed by atoms with van der Waals surface area (Å²) in [5.74, 6) is 1.07. The lowest BCUT2D eigenvalue weighted by Crippen LogP contribution is -2.13. The van der Waals surface area contributed by atoms with E-state index in [9.17, 15) is 8.42 Å². The molecule has 1 aliphatic rings. The van der Waals surface area contributed by atoms with Crippen molar-refractivity contribution in [3.05, 3.63) is 35.5 Å². The number of H-pyrrole nitrogens is 1. The Morgan fingerprint density at radius 1 is 1.40 bits per heavy atom. The smallest absolute Gasteiger partial charge is 0.263 e. The van der Waals surface area contributed by atoms with Crippen LogP contribution < -0.4 is 9.46 Å². The number of ether oxygens (including phenoxy) is 1. The highest BCUT2D eigenvalue weighted by atomic mass is 32.2. The fourth-order valence-corrected chi connectivity index (χ4v) is 3.16. The molecule has 1 aliphatic heterocycles. The van der Waals surface area contributed by atoms with Crippen molar-refractivity contribution in [2.24, 2.45) is 0 Å². The summed E-state index contributed by atoms with van der Waals surface area (Å²) in [6.45, 7) is 2.57. The number of benzene rings is 1. The fourth-order valence-electron chi connectivity index (χ4n) is 2.12. The maximum atomic E-state index is 12.3. The molecule has 0 saturated heterocycles. The number of aromatic amines is 1. The van der Waals surface area contributed by atoms with Crippen LogP contribution in [0.4, 0.5) is 5.82 Å². The van der Waals surface area contributed by atoms with E-state index in [-0.39, 0.29) is 4.90 Å². The number of fused-ring (bicyclic) bond motifs is 1. The number of sulfonamides is 1. The van der Waals surface area contributed by atoms with Gasteiger partial charge in [0.25, 0.3) is 10.0 Å². The highest BCUT2D eigenvalue weighted by Crippen LogP contribution is 2.28. The van der Waals surface area contributed by atoms with Crippen molar-refractivity contribution in [3.8, 4) is 5.75 Å². The van der Waals surface area contributed by atoms with Gasteiger partial charge in [-0.05, 0) is 30.2 Å². The first kappa shape index (κ1) is 13.0. The largest absolute Gasteiger partial charge is 0.493 e. The molecule has 0 bridgehead atoms. The van der Waals surface area contributed by atoms with E-state index < -0.39 is 10.0 Å². The van der Waals surface area contributed by atoms with Crippen LogP contribution in [-0.2, 0) is 22.9 Å². The Morgan fingerprint density at radius 3 is 3.00 bits per heavy atom. The van der Waals surface area contributed by atoms with Gasteiger partial charge in [0.1, 0.15) is 5.75 Å². The average Bonchev–Trinajstić information content (AvgIpc) is 3.05. The van der Waals surface area contributed by atoms with Crippen molar-refractivity contribution < 1.29 is 13.2 Å². The Labute approximate surface area is 117 Å². The molecule has 2 heterocycles. The highest BCUT2D eigenvalue weighted by molar-refractivity contribution is 7.92. The second-order valence-electron chi connectivity index (χ2n) is 4.61. The van der Waals surface area contributed by atoms with Gasteiger partial charge in [-0.25, -0.2) is 8.42 Å². The predicted molar refractivity (Wildman–Crippen MR) is 74.4 cm³/mol. The van der Waals surface area contributed by atoms with E-state index in [1.54, 1.807) is 24.3 Å². The second kappa shape index (κ2) is 4.82. The molecule has 1 aromatic heterocycles. The van der Waals surface area contributed by atoms with Gasteiger partial charge in [-0.15, -0.1) is 0 Å². The lowest BCUT2D eigenvalue weighted by Gasteiger charge is -2.06. The predicted octanol–water partition coefficient (Wildman–Crippen LogP) is 1.71. The summed E-state index contributed by atoms with van der Waals surface area (Å²) in [7, 11) is -3.62. The molecule has 2 aromatic rings. The van der Waals surface area contributed by atoms with Crippen molar-refractivity contribution in [3.63, 3.8) is 0 Å². The Hall–Kier alpha value is -2.02. The number of anilines is 1. The van der Waals surface area contributed by atoms with Crippen LogP contribution in [0.3, 0.4) is 0 Å². The van der Waals surface area contributed by atoms with Crippen LogP contribution in [0.2, 0.25) is 0 Å². The van der Waals surface area contributed by atoms with Gasteiger partial charge in [0, 0.05) is 18.2 Å². The molecule has 2 N–H and O–H groups in total. The van der Waals surface area contributed by atoms with E-state index in [0.29, 0.717) is 12.4 Å². The van der Waals surface area contributed by atoms with Crippen LogP contribution in [-0.4, -0.2) is 25.2 Å². The second-order valence-corrected chi connectivity index (χ2v) is 6.29. The van der Waals surface area contributed by atoms with Crippen LogP contribution >= 0.6 is 0 Å². The number of nitrogens with one attached hydrogen (secondary N) is 2. The van der Waals surface area contributed by atoms with Gasteiger partial charge in [-0.3, -0.25) is 9.82 Å². The van der Waals surface area contributed by atoms with Crippen molar-refractivity contribution in [2.45, 2.75) is 24.7 Å². The summed E-state index contributed by atoms with van der Waals surface area (Å²) >= 11 is 0. The van der Waals surface area contributed by atoms with Gasteiger partial charge >= 0.3 is 0 Å². The maximum absolute atomic E-state index is 12.3. The summed E-state index contributed by atoms with van der Waals surface area (Å²) in [4.78, 5) is 0.225. The fraction of sp³-hybridized carbons (Fsp3) is 0.308. The molecule has 6 nitrogen and oxygen atoms in total. The lowest BCUT2D eigenvalue weighted by molar-refractivity contribution is 0.356. The summed E-state index contributed by atoms with van der Waals surface area (Å²) in [6, 6.07) is 6.57. The zero-order valence-electron chi connectivity index (χ0n) is 11.0. The van der Waals surface area contributed by atoms with Gasteiger partial charge < -0.3 is 4.74 Å². The molecule has 106 valence electrons. The van der Waals surface area contributed by atoms with E-state index in [0.717, 1.165) is 29.8 Å². The highest BCUT2D eigenvalue weighted by Gasteiger charge is 2.20. The summed E-state index contributed by atoms with van der Waals surface area (Å²) in [5, 5.41) is 6.70. The van der Waals surface area contributed by atoms with Gasteiger partial charge in [-0.2, -0.15) is 5.10 Å². The van der Waals surface area contributed by atoms with Crippen LogP contribution in [0.1, 0.15) is 18.2 Å². The molecule has 0 fully saturated rings. The zero-order chi connectivity index (χ0) is 14.2. The summed E-state index contributed by atoms with van der Waals surface area (Å²) < 4.78 is 32.4. The van der Waals surface area contributed by atoms with Crippen molar-refractivity contribution in [1.29, 1.82) is 0 Å². The van der Waals surface area contributed by atoms with Gasteiger partial charge in [-0.1, -0.05) is 6.92 Å². The molecule has 3 rings (SSSR count). The molecule has 0 amide bonds. The molecule has 0 radical (unpaired) electrons. The SMILES string of the molecule is CCc1cc(NS(=O)(=O)c2ccc3c(c2)CCO3)n[nH]1. The van der Waals surface area contributed by atoms with Gasteiger partial charge in [0.05, 0.1) is 11.5 Å².